The highest BCUT2D eigenvalue weighted by Gasteiger charge is 2.17. The van der Waals surface area contributed by atoms with Crippen LogP contribution in [0.4, 0.5) is 0 Å². The second-order valence-electron chi connectivity index (χ2n) is 6.23. The predicted molar refractivity (Wildman–Crippen MR) is 107 cm³/mol. The van der Waals surface area contributed by atoms with Crippen molar-refractivity contribution in [3.05, 3.63) is 77.7 Å². The minimum atomic E-state index is -3.70. The first-order valence-corrected chi connectivity index (χ1v) is 10.4. The highest BCUT2D eigenvalue weighted by Crippen LogP contribution is 2.29. The van der Waals surface area contributed by atoms with E-state index in [1.165, 1.54) is 26.4 Å². The molecule has 154 valence electrons. The molecule has 0 amide bonds. The van der Waals surface area contributed by atoms with E-state index in [9.17, 15) is 8.42 Å². The quantitative estimate of drug-likeness (QED) is 0.543. The van der Waals surface area contributed by atoms with Gasteiger partial charge in [0.1, 0.15) is 12.4 Å². The Morgan fingerprint density at radius 3 is 2.41 bits per heavy atom. The summed E-state index contributed by atoms with van der Waals surface area (Å²) in [7, 11) is -0.750. The van der Waals surface area contributed by atoms with Gasteiger partial charge in [0.15, 0.2) is 11.5 Å². The molecule has 2 aromatic carbocycles. The minimum absolute atomic E-state index is 0.105. The van der Waals surface area contributed by atoms with E-state index in [1.54, 1.807) is 12.3 Å². The fraction of sp³-hybridized carbons (Fsp3) is 0.238. The number of hydrogen-bond donors (Lipinski definition) is 1. The Balaban J connectivity index is 1.61. The van der Waals surface area contributed by atoms with Crippen molar-refractivity contribution in [3.8, 4) is 11.5 Å². The molecule has 1 N–H and O–H groups in total. The van der Waals surface area contributed by atoms with Crippen molar-refractivity contribution >= 4 is 10.0 Å². The molecule has 3 aromatic rings. The average molecular weight is 417 g/mol. The van der Waals surface area contributed by atoms with Crippen LogP contribution in [0.15, 0.2) is 70.2 Å². The number of benzene rings is 2. The van der Waals surface area contributed by atoms with E-state index in [1.807, 2.05) is 36.4 Å². The highest BCUT2D eigenvalue weighted by molar-refractivity contribution is 7.89. The summed E-state index contributed by atoms with van der Waals surface area (Å²) in [5.41, 5.74) is 1.77. The zero-order chi connectivity index (χ0) is 20.7. The molecular formula is C21H23NO6S. The molecule has 0 unspecified atom stereocenters. The van der Waals surface area contributed by atoms with E-state index >= 15 is 0 Å². The fourth-order valence-corrected chi connectivity index (χ4v) is 3.77. The van der Waals surface area contributed by atoms with Crippen molar-refractivity contribution < 1.29 is 27.0 Å². The van der Waals surface area contributed by atoms with Crippen LogP contribution in [0.1, 0.15) is 16.9 Å². The van der Waals surface area contributed by atoms with Gasteiger partial charge in [-0.25, -0.2) is 13.1 Å². The number of hydrogen-bond acceptors (Lipinski definition) is 6. The van der Waals surface area contributed by atoms with Gasteiger partial charge in [-0.3, -0.25) is 0 Å². The van der Waals surface area contributed by atoms with E-state index in [0.29, 0.717) is 24.7 Å². The normalized spacial score (nSPS) is 11.4. The molecule has 0 spiro atoms. The van der Waals surface area contributed by atoms with Gasteiger partial charge in [-0.15, -0.1) is 0 Å². The smallest absolute Gasteiger partial charge is 0.241 e. The largest absolute Gasteiger partial charge is 0.493 e. The van der Waals surface area contributed by atoms with Crippen molar-refractivity contribution in [2.75, 3.05) is 14.2 Å². The van der Waals surface area contributed by atoms with Crippen LogP contribution in [0.3, 0.4) is 0 Å². The lowest BCUT2D eigenvalue weighted by Crippen LogP contribution is -2.23. The van der Waals surface area contributed by atoms with Gasteiger partial charge in [0, 0.05) is 12.6 Å². The Bertz CT molecular complexity index is 1030. The SMILES string of the molecule is COc1ccc(S(=O)(=O)NCc2cccc(COCc3ccco3)c2)cc1OC. The van der Waals surface area contributed by atoms with Gasteiger partial charge < -0.3 is 18.6 Å². The maximum Gasteiger partial charge on any atom is 0.241 e. The van der Waals surface area contributed by atoms with Gasteiger partial charge >= 0.3 is 0 Å². The van der Waals surface area contributed by atoms with Gasteiger partial charge in [0.25, 0.3) is 0 Å². The molecule has 29 heavy (non-hydrogen) atoms. The minimum Gasteiger partial charge on any atom is -0.493 e. The molecule has 0 radical (unpaired) electrons. The molecule has 0 aliphatic heterocycles. The molecule has 0 atom stereocenters. The second-order valence-corrected chi connectivity index (χ2v) is 8.00. The third-order valence-electron chi connectivity index (χ3n) is 4.22. The van der Waals surface area contributed by atoms with Crippen molar-refractivity contribution in [1.29, 1.82) is 0 Å². The summed E-state index contributed by atoms with van der Waals surface area (Å²) in [5.74, 6) is 1.57. The molecule has 0 bridgehead atoms. The number of furan rings is 1. The molecule has 3 rings (SSSR count). The van der Waals surface area contributed by atoms with Crippen molar-refractivity contribution in [2.24, 2.45) is 0 Å². The third kappa shape index (κ3) is 5.60. The maximum absolute atomic E-state index is 12.6. The first-order chi connectivity index (χ1) is 14.0. The average Bonchev–Trinajstić information content (AvgIpc) is 3.25. The standard InChI is InChI=1S/C21H23NO6S/c1-25-20-9-8-19(12-21(20)26-2)29(23,24)22-13-16-5-3-6-17(11-16)14-27-15-18-7-4-10-28-18/h3-12,22H,13-15H2,1-2H3. The Morgan fingerprint density at radius 2 is 1.69 bits per heavy atom. The second kappa shape index (κ2) is 9.60. The van der Waals surface area contributed by atoms with E-state index in [2.05, 4.69) is 4.72 Å². The Morgan fingerprint density at radius 1 is 0.897 bits per heavy atom. The summed E-state index contributed by atoms with van der Waals surface area (Å²) in [4.78, 5) is 0.105. The lowest BCUT2D eigenvalue weighted by atomic mass is 10.1. The molecule has 7 nitrogen and oxygen atoms in total. The van der Waals surface area contributed by atoms with Crippen LogP contribution in [0, 0.1) is 0 Å². The molecule has 1 aromatic heterocycles. The third-order valence-corrected chi connectivity index (χ3v) is 5.62. The zero-order valence-electron chi connectivity index (χ0n) is 16.3. The summed E-state index contributed by atoms with van der Waals surface area (Å²) in [6.45, 7) is 0.933. The van der Waals surface area contributed by atoms with Crippen LogP contribution in [-0.2, 0) is 34.5 Å². The molecule has 0 saturated carbocycles. The van der Waals surface area contributed by atoms with E-state index < -0.39 is 10.0 Å². The molecule has 0 fully saturated rings. The zero-order valence-corrected chi connectivity index (χ0v) is 17.1. The highest BCUT2D eigenvalue weighted by atomic mass is 32.2. The monoisotopic (exact) mass is 417 g/mol. The summed E-state index contributed by atoms with van der Waals surface area (Å²) in [5, 5.41) is 0. The van der Waals surface area contributed by atoms with Crippen LogP contribution in [0.2, 0.25) is 0 Å². The summed E-state index contributed by atoms with van der Waals surface area (Å²) in [6.07, 6.45) is 1.60. The number of ether oxygens (including phenoxy) is 3. The van der Waals surface area contributed by atoms with E-state index in [-0.39, 0.29) is 11.4 Å². The number of methoxy groups -OCH3 is 2. The first kappa shape index (κ1) is 20.9. The summed E-state index contributed by atoms with van der Waals surface area (Å²) < 4.78 is 49.0. The molecule has 0 aliphatic rings. The van der Waals surface area contributed by atoms with Gasteiger partial charge in [-0.2, -0.15) is 0 Å². The van der Waals surface area contributed by atoms with Crippen molar-refractivity contribution in [2.45, 2.75) is 24.7 Å². The summed E-state index contributed by atoms with van der Waals surface area (Å²) in [6, 6.07) is 15.7. The molecule has 0 saturated heterocycles. The topological polar surface area (TPSA) is 87.0 Å². The maximum atomic E-state index is 12.6. The summed E-state index contributed by atoms with van der Waals surface area (Å²) >= 11 is 0. The predicted octanol–water partition coefficient (Wildman–Crippen LogP) is 3.49. The molecule has 1 heterocycles. The van der Waals surface area contributed by atoms with Crippen LogP contribution >= 0.6 is 0 Å². The van der Waals surface area contributed by atoms with Crippen LogP contribution < -0.4 is 14.2 Å². The Labute approximate surface area is 170 Å². The van der Waals surface area contributed by atoms with E-state index in [0.717, 1.165) is 16.9 Å². The van der Waals surface area contributed by atoms with Crippen molar-refractivity contribution in [3.63, 3.8) is 0 Å². The molecular weight excluding hydrogens is 394 g/mol. The fourth-order valence-electron chi connectivity index (χ4n) is 2.74. The number of rotatable bonds is 10. The van der Waals surface area contributed by atoms with Crippen LogP contribution in [0.25, 0.3) is 0 Å². The number of sulfonamides is 1. The lowest BCUT2D eigenvalue weighted by Gasteiger charge is -2.11. The van der Waals surface area contributed by atoms with Gasteiger partial charge in [-0.05, 0) is 35.4 Å². The van der Waals surface area contributed by atoms with Gasteiger partial charge in [-0.1, -0.05) is 24.3 Å². The van der Waals surface area contributed by atoms with Crippen molar-refractivity contribution in [1.82, 2.24) is 4.72 Å². The van der Waals surface area contributed by atoms with Gasteiger partial charge in [0.2, 0.25) is 10.0 Å². The Kier molecular flexibility index (Phi) is 6.92. The number of nitrogens with one attached hydrogen (secondary N) is 1. The van der Waals surface area contributed by atoms with E-state index in [4.69, 9.17) is 18.6 Å². The molecule has 0 aliphatic carbocycles. The van der Waals surface area contributed by atoms with Crippen LogP contribution in [-0.4, -0.2) is 22.6 Å². The van der Waals surface area contributed by atoms with Crippen LogP contribution in [0.5, 0.6) is 11.5 Å². The lowest BCUT2D eigenvalue weighted by molar-refractivity contribution is 0.0929. The first-order valence-electron chi connectivity index (χ1n) is 8.91. The molecule has 8 heteroatoms. The Hall–Kier alpha value is -2.81. The van der Waals surface area contributed by atoms with Gasteiger partial charge in [0.05, 0.1) is 32.0 Å².